The van der Waals surface area contributed by atoms with Crippen LogP contribution in [0.2, 0.25) is 0 Å². The third-order valence-electron chi connectivity index (χ3n) is 0. The molecule has 0 heterocycles. The summed E-state index contributed by atoms with van der Waals surface area (Å²) in [6.07, 6.45) is 0. The largest absolute Gasteiger partial charge is 2.00 e. The summed E-state index contributed by atoms with van der Waals surface area (Å²) in [6, 6.07) is 0. The van der Waals surface area contributed by atoms with E-state index in [2.05, 4.69) is 0 Å². The van der Waals surface area contributed by atoms with Crippen LogP contribution in [-0.2, 0) is 145 Å². The first-order valence-corrected chi connectivity index (χ1v) is 0. The summed E-state index contributed by atoms with van der Waals surface area (Å²) < 4.78 is 0. The number of hydrogen-bond acceptors (Lipinski definition) is 0. The van der Waals surface area contributed by atoms with Crippen molar-refractivity contribution >= 4 is 157 Å². The van der Waals surface area contributed by atoms with Crippen LogP contribution in [-0.4, -0.2) is 48.9 Å². The first-order chi connectivity index (χ1) is 0. The Hall–Kier alpha value is 12.1. The van der Waals surface area contributed by atoms with E-state index in [1.54, 1.807) is 0 Å². The molecule has 0 nitrogen and oxygen atoms in total. The van der Waals surface area contributed by atoms with E-state index in [9.17, 15) is 0 Å². The number of hydrogen-bond donors (Lipinski definition) is 0. The van der Waals surface area contributed by atoms with Crippen molar-refractivity contribution in [2.24, 2.45) is 0 Å². The maximum atomic E-state index is 0. The Morgan fingerprint density at radius 3 is 0.267 bits per heavy atom. The van der Waals surface area contributed by atoms with Gasteiger partial charge in [-0.25, -0.2) is 0 Å². The second-order valence-electron chi connectivity index (χ2n) is 0. The van der Waals surface area contributed by atoms with Crippen molar-refractivity contribution in [2.45, 2.75) is 0 Å². The van der Waals surface area contributed by atoms with Gasteiger partial charge in [0.1, 0.15) is 0 Å². The first-order valence-electron chi connectivity index (χ1n) is 0. The van der Waals surface area contributed by atoms with Gasteiger partial charge < -0.3 is 108 Å². The van der Waals surface area contributed by atoms with Crippen molar-refractivity contribution in [1.82, 2.24) is 0 Å². The van der Waals surface area contributed by atoms with Crippen molar-refractivity contribution in [1.29, 1.82) is 0 Å². The second kappa shape index (κ2) is 112. The predicted molar refractivity (Wildman–Crippen MR) is 64.7 cm³/mol. The molecule has 2 radical (unpaired) electrons. The van der Waals surface area contributed by atoms with Crippen molar-refractivity contribution in [3.8, 4) is 0 Å². The van der Waals surface area contributed by atoms with Crippen molar-refractivity contribution in [3.05, 3.63) is 0 Å². The molecule has 0 aromatic carbocycles. The van der Waals surface area contributed by atoms with E-state index in [1.807, 2.05) is 0 Å². The zero-order chi connectivity index (χ0) is 0. The van der Waals surface area contributed by atoms with Gasteiger partial charge in [0.2, 0.25) is 0 Å². The molecule has 74 valence electrons. The molecule has 15 heteroatoms. The molecular formula is BaK4S8V2-10. The Morgan fingerprint density at radius 1 is 0.267 bits per heavy atom. The van der Waals surface area contributed by atoms with E-state index in [1.165, 1.54) is 0 Å². The summed E-state index contributed by atoms with van der Waals surface area (Å²) in [5.41, 5.74) is 0. The molecule has 0 aromatic heterocycles. The van der Waals surface area contributed by atoms with Gasteiger partial charge in [0.25, 0.3) is 0 Å². The molecule has 0 aliphatic rings. The molecule has 0 saturated heterocycles. The van der Waals surface area contributed by atoms with Crippen molar-refractivity contribution in [2.75, 3.05) is 0 Å². The van der Waals surface area contributed by atoms with Crippen LogP contribution in [0.5, 0.6) is 0 Å². The standard InChI is InChI=1S/Ba.4K.8S.2V/q+2;4*+1;8*-2;;. The molecule has 0 aliphatic carbocycles. The minimum atomic E-state index is 0. The van der Waals surface area contributed by atoms with E-state index in [0.717, 1.165) is 0 Å². The molecular weight excluding hydrogens is 652 g/mol. The zero-order valence-corrected chi connectivity index (χ0v) is 35.1. The third-order valence-corrected chi connectivity index (χ3v) is 0. The van der Waals surface area contributed by atoms with Crippen LogP contribution in [0.3, 0.4) is 0 Å². The van der Waals surface area contributed by atoms with E-state index in [4.69, 9.17) is 0 Å². The average molecular weight is 652 g/mol. The van der Waals surface area contributed by atoms with Crippen LogP contribution in [0.1, 0.15) is 0 Å². The smallest absolute Gasteiger partial charge is 2.00 e. The van der Waals surface area contributed by atoms with Gasteiger partial charge in [-0.15, -0.1) is 0 Å². The fourth-order valence-corrected chi connectivity index (χ4v) is 0. The topological polar surface area (TPSA) is 0 Å². The van der Waals surface area contributed by atoms with Crippen LogP contribution >= 0.6 is 0 Å². The van der Waals surface area contributed by atoms with Crippen LogP contribution < -0.4 is 206 Å². The average Bonchev–Trinajstić information content (AvgIpc) is 0. The van der Waals surface area contributed by atoms with Gasteiger partial charge in [0.15, 0.2) is 0 Å². The van der Waals surface area contributed by atoms with Gasteiger partial charge >= 0.3 is 254 Å². The molecule has 0 unspecified atom stereocenters. The minimum Gasteiger partial charge on any atom is -2.00 e. The SMILES string of the molecule is [Ba+2].[K+].[K+].[K+].[K+].[S-2].[S-2].[S-2].[S-2].[S-2].[S-2].[S-2].[S-2].[V].[V]. The Bertz CT molecular complexity index is 24.6. The molecule has 0 N–H and O–H groups in total. The van der Waals surface area contributed by atoms with Gasteiger partial charge in [-0.1, -0.05) is 0 Å². The van der Waals surface area contributed by atoms with Gasteiger partial charge in [0, 0.05) is 37.1 Å². The fourth-order valence-electron chi connectivity index (χ4n) is 0. The molecule has 0 aromatic rings. The van der Waals surface area contributed by atoms with Crippen LogP contribution in [0, 0.1) is 0 Å². The molecule has 0 aliphatic heterocycles. The third kappa shape index (κ3) is 104. The maximum Gasteiger partial charge on any atom is 2.00 e. The minimum absolute atomic E-state index is 0. The second-order valence-corrected chi connectivity index (χ2v) is 0. The van der Waals surface area contributed by atoms with Gasteiger partial charge in [0.05, 0.1) is 0 Å². The fraction of sp³-hybridized carbons (Fsp3) is 0. The van der Waals surface area contributed by atoms with E-state index in [-0.39, 0.29) is 399 Å². The molecule has 0 saturated carbocycles. The number of rotatable bonds is 0. The molecule has 0 amide bonds. The van der Waals surface area contributed by atoms with Crippen molar-refractivity contribution in [3.63, 3.8) is 0 Å². The van der Waals surface area contributed by atoms with Gasteiger partial charge in [-0.3, -0.25) is 0 Å². The van der Waals surface area contributed by atoms with Crippen LogP contribution in [0.4, 0.5) is 0 Å². The predicted octanol–water partition coefficient (Wildman–Crippen LogP) is -12.4. The van der Waals surface area contributed by atoms with Gasteiger partial charge in [-0.2, -0.15) is 0 Å². The van der Waals surface area contributed by atoms with E-state index >= 15 is 0 Å². The quantitative estimate of drug-likeness (QED) is 0.229. The summed E-state index contributed by atoms with van der Waals surface area (Å²) >= 11 is 0. The normalized spacial score (nSPS) is 0. The summed E-state index contributed by atoms with van der Waals surface area (Å²) in [5.74, 6) is 0. The van der Waals surface area contributed by atoms with Gasteiger partial charge in [-0.05, 0) is 0 Å². The Morgan fingerprint density at radius 2 is 0.267 bits per heavy atom. The molecule has 0 rings (SSSR count). The molecule has 0 bridgehead atoms. The summed E-state index contributed by atoms with van der Waals surface area (Å²) in [6.45, 7) is 0. The summed E-state index contributed by atoms with van der Waals surface area (Å²) in [5, 5.41) is 0. The Balaban J connectivity index is 0. The monoisotopic (exact) mass is 651 g/mol. The molecule has 15 heavy (non-hydrogen) atoms. The molecule has 0 atom stereocenters. The zero-order valence-electron chi connectivity index (χ0n) is 8.87. The molecule has 0 fully saturated rings. The summed E-state index contributed by atoms with van der Waals surface area (Å²) in [7, 11) is 0. The van der Waals surface area contributed by atoms with E-state index < -0.39 is 0 Å². The summed E-state index contributed by atoms with van der Waals surface area (Å²) in [4.78, 5) is 0. The van der Waals surface area contributed by atoms with Crippen molar-refractivity contribution < 1.29 is 243 Å². The maximum absolute atomic E-state index is 0. The van der Waals surface area contributed by atoms with Crippen LogP contribution in [0.15, 0.2) is 0 Å². The first kappa shape index (κ1) is 126. The van der Waals surface area contributed by atoms with Crippen LogP contribution in [0.25, 0.3) is 0 Å². The Kier molecular flexibility index (Phi) is 945. The Labute approximate surface area is 385 Å². The van der Waals surface area contributed by atoms with E-state index in [0.29, 0.717) is 0 Å². The molecule has 0 spiro atoms.